The number of likely N-dealkylation sites (N-methyl/N-ethyl adjacent to an activating group) is 1. The molecule has 0 bridgehead atoms. The van der Waals surface area contributed by atoms with E-state index >= 15 is 0 Å². The van der Waals surface area contributed by atoms with Gasteiger partial charge in [0.25, 0.3) is 0 Å². The standard InChI is InChI=1S/C17H32N4O2.HI/c1-5-23-16(22)14-7-6-10-21(12-14)17(18-3)19-11-13(2)20(4)15-8-9-15;/h13-15H,5-12H2,1-4H3,(H,18,19);1H. The van der Waals surface area contributed by atoms with Crippen LogP contribution in [0.15, 0.2) is 4.99 Å². The number of guanidine groups is 1. The minimum atomic E-state index is -0.0745. The zero-order valence-corrected chi connectivity index (χ0v) is 17.8. The van der Waals surface area contributed by atoms with Crippen LogP contribution in [0.3, 0.4) is 0 Å². The maximum Gasteiger partial charge on any atom is 0.310 e. The molecule has 2 rings (SSSR count). The molecule has 1 heterocycles. The van der Waals surface area contributed by atoms with Crippen molar-refractivity contribution in [1.82, 2.24) is 15.1 Å². The Morgan fingerprint density at radius 1 is 1.42 bits per heavy atom. The predicted molar refractivity (Wildman–Crippen MR) is 108 cm³/mol. The summed E-state index contributed by atoms with van der Waals surface area (Å²) in [5.74, 6) is 0.790. The van der Waals surface area contributed by atoms with E-state index in [0.29, 0.717) is 19.2 Å². The number of ether oxygens (including phenoxy) is 1. The van der Waals surface area contributed by atoms with Gasteiger partial charge in [0.05, 0.1) is 12.5 Å². The lowest BCUT2D eigenvalue weighted by Crippen LogP contribution is -2.51. The minimum Gasteiger partial charge on any atom is -0.466 e. The van der Waals surface area contributed by atoms with Gasteiger partial charge in [-0.25, -0.2) is 0 Å². The first-order valence-electron chi connectivity index (χ1n) is 8.91. The number of carbonyl (C=O) groups is 1. The second-order valence-electron chi connectivity index (χ2n) is 6.71. The van der Waals surface area contributed by atoms with Gasteiger partial charge in [-0.1, -0.05) is 0 Å². The number of halogens is 1. The fourth-order valence-corrected chi connectivity index (χ4v) is 3.18. The van der Waals surface area contributed by atoms with Crippen LogP contribution in [0.2, 0.25) is 0 Å². The van der Waals surface area contributed by atoms with E-state index in [-0.39, 0.29) is 35.9 Å². The van der Waals surface area contributed by atoms with E-state index in [1.165, 1.54) is 12.8 Å². The summed E-state index contributed by atoms with van der Waals surface area (Å²) in [7, 11) is 4.01. The third-order valence-corrected chi connectivity index (χ3v) is 4.93. The van der Waals surface area contributed by atoms with Crippen LogP contribution in [0.5, 0.6) is 0 Å². The normalized spacial score (nSPS) is 22.8. The van der Waals surface area contributed by atoms with Gasteiger partial charge in [-0.05, 0) is 46.6 Å². The average Bonchev–Trinajstić information content (AvgIpc) is 3.40. The van der Waals surface area contributed by atoms with E-state index < -0.39 is 0 Å². The van der Waals surface area contributed by atoms with Crippen molar-refractivity contribution >= 4 is 35.9 Å². The molecule has 1 saturated heterocycles. The summed E-state index contributed by atoms with van der Waals surface area (Å²) >= 11 is 0. The topological polar surface area (TPSA) is 57.2 Å². The summed E-state index contributed by atoms with van der Waals surface area (Å²) in [5.41, 5.74) is 0. The quantitative estimate of drug-likeness (QED) is 0.289. The Morgan fingerprint density at radius 3 is 2.71 bits per heavy atom. The summed E-state index contributed by atoms with van der Waals surface area (Å²) in [6.45, 7) is 7.08. The van der Waals surface area contributed by atoms with Crippen molar-refractivity contribution in [1.29, 1.82) is 0 Å². The van der Waals surface area contributed by atoms with Crippen LogP contribution in [-0.2, 0) is 9.53 Å². The molecule has 2 unspecified atom stereocenters. The number of nitrogens with one attached hydrogen (secondary N) is 1. The first kappa shape index (κ1) is 21.5. The molecule has 0 amide bonds. The molecule has 0 radical (unpaired) electrons. The molecule has 1 N–H and O–H groups in total. The molecular weight excluding hydrogens is 419 g/mol. The van der Waals surface area contributed by atoms with Gasteiger partial charge in [0.1, 0.15) is 0 Å². The number of likely N-dealkylation sites (tertiary alicyclic amines) is 1. The Labute approximate surface area is 163 Å². The molecule has 6 nitrogen and oxygen atoms in total. The lowest BCUT2D eigenvalue weighted by molar-refractivity contribution is -0.149. The van der Waals surface area contributed by atoms with Gasteiger partial charge in [-0.3, -0.25) is 14.7 Å². The molecule has 1 saturated carbocycles. The van der Waals surface area contributed by atoms with Crippen LogP contribution >= 0.6 is 24.0 Å². The van der Waals surface area contributed by atoms with Crippen molar-refractivity contribution in [3.63, 3.8) is 0 Å². The number of rotatable bonds is 6. The first-order chi connectivity index (χ1) is 11.1. The summed E-state index contributed by atoms with van der Waals surface area (Å²) in [5, 5.41) is 3.48. The van der Waals surface area contributed by atoms with Crippen molar-refractivity contribution in [2.45, 2.75) is 51.6 Å². The zero-order valence-electron chi connectivity index (χ0n) is 15.5. The summed E-state index contributed by atoms with van der Waals surface area (Å²) in [4.78, 5) is 21.0. The number of aliphatic imine (C=N–C) groups is 1. The van der Waals surface area contributed by atoms with Crippen molar-refractivity contribution in [3.05, 3.63) is 0 Å². The lowest BCUT2D eigenvalue weighted by Gasteiger charge is -2.35. The molecular formula is C17H33IN4O2. The Balaban J connectivity index is 0.00000288. The van der Waals surface area contributed by atoms with Gasteiger partial charge in [0.2, 0.25) is 0 Å². The average molecular weight is 452 g/mol. The molecule has 1 aliphatic carbocycles. The van der Waals surface area contributed by atoms with Crippen LogP contribution in [-0.4, -0.2) is 74.1 Å². The fourth-order valence-electron chi connectivity index (χ4n) is 3.18. The first-order valence-corrected chi connectivity index (χ1v) is 8.91. The number of piperidine rings is 1. The van der Waals surface area contributed by atoms with E-state index in [2.05, 4.69) is 34.1 Å². The SMILES string of the molecule is CCOC(=O)C1CCCN(C(=NC)NCC(C)N(C)C2CC2)C1.I. The minimum absolute atomic E-state index is 0. The van der Waals surface area contributed by atoms with Gasteiger partial charge < -0.3 is 15.0 Å². The summed E-state index contributed by atoms with van der Waals surface area (Å²) in [6.07, 6.45) is 4.56. The molecule has 1 aliphatic heterocycles. The molecule has 0 aromatic heterocycles. The smallest absolute Gasteiger partial charge is 0.310 e. The highest BCUT2D eigenvalue weighted by atomic mass is 127. The van der Waals surface area contributed by atoms with Gasteiger partial charge in [0, 0.05) is 38.8 Å². The van der Waals surface area contributed by atoms with Crippen LogP contribution in [0.4, 0.5) is 0 Å². The number of nitrogens with zero attached hydrogens (tertiary/aromatic N) is 3. The lowest BCUT2D eigenvalue weighted by atomic mass is 9.98. The highest BCUT2D eigenvalue weighted by Crippen LogP contribution is 2.26. The largest absolute Gasteiger partial charge is 0.466 e. The number of esters is 1. The van der Waals surface area contributed by atoms with Gasteiger partial charge in [-0.15, -0.1) is 24.0 Å². The van der Waals surface area contributed by atoms with Gasteiger partial charge >= 0.3 is 5.97 Å². The van der Waals surface area contributed by atoms with Gasteiger partial charge in [0.15, 0.2) is 5.96 Å². The number of hydrogen-bond donors (Lipinski definition) is 1. The van der Waals surface area contributed by atoms with E-state index in [0.717, 1.165) is 37.9 Å². The van der Waals surface area contributed by atoms with Crippen LogP contribution < -0.4 is 5.32 Å². The molecule has 2 fully saturated rings. The van der Waals surface area contributed by atoms with E-state index in [1.54, 1.807) is 0 Å². The summed E-state index contributed by atoms with van der Waals surface area (Å²) < 4.78 is 5.17. The molecule has 2 aliphatic rings. The second kappa shape index (κ2) is 10.4. The second-order valence-corrected chi connectivity index (χ2v) is 6.71. The van der Waals surface area contributed by atoms with E-state index in [1.807, 2.05) is 14.0 Å². The molecule has 140 valence electrons. The van der Waals surface area contributed by atoms with Crippen LogP contribution in [0.25, 0.3) is 0 Å². The van der Waals surface area contributed by atoms with Crippen LogP contribution in [0, 0.1) is 5.92 Å². The van der Waals surface area contributed by atoms with Crippen molar-refractivity contribution in [2.75, 3.05) is 40.3 Å². The number of carbonyl (C=O) groups excluding carboxylic acids is 1. The molecule has 24 heavy (non-hydrogen) atoms. The Morgan fingerprint density at radius 2 is 2.12 bits per heavy atom. The van der Waals surface area contributed by atoms with E-state index in [4.69, 9.17) is 4.74 Å². The molecule has 0 aromatic rings. The van der Waals surface area contributed by atoms with Crippen molar-refractivity contribution in [2.24, 2.45) is 10.9 Å². The zero-order chi connectivity index (χ0) is 16.8. The van der Waals surface area contributed by atoms with Gasteiger partial charge in [-0.2, -0.15) is 0 Å². The monoisotopic (exact) mass is 452 g/mol. The van der Waals surface area contributed by atoms with Crippen molar-refractivity contribution in [3.8, 4) is 0 Å². The maximum atomic E-state index is 12.0. The Hall–Kier alpha value is -0.570. The van der Waals surface area contributed by atoms with Crippen LogP contribution in [0.1, 0.15) is 39.5 Å². The predicted octanol–water partition coefficient (Wildman–Crippen LogP) is 1.94. The highest BCUT2D eigenvalue weighted by molar-refractivity contribution is 14.0. The third kappa shape index (κ3) is 6.06. The Kier molecular flexibility index (Phi) is 9.33. The molecule has 0 spiro atoms. The summed E-state index contributed by atoms with van der Waals surface area (Å²) in [6, 6.07) is 1.24. The molecule has 7 heteroatoms. The Bertz CT molecular complexity index is 429. The highest BCUT2D eigenvalue weighted by Gasteiger charge is 2.30. The fraction of sp³-hybridized carbons (Fsp3) is 0.882. The molecule has 2 atom stereocenters. The third-order valence-electron chi connectivity index (χ3n) is 4.93. The maximum absolute atomic E-state index is 12.0. The molecule has 0 aromatic carbocycles. The van der Waals surface area contributed by atoms with E-state index in [9.17, 15) is 4.79 Å². The van der Waals surface area contributed by atoms with Crippen molar-refractivity contribution < 1.29 is 9.53 Å². The number of hydrogen-bond acceptors (Lipinski definition) is 4.